The van der Waals surface area contributed by atoms with Crippen molar-refractivity contribution in [1.29, 1.82) is 0 Å². The topological polar surface area (TPSA) is 18.5 Å². The van der Waals surface area contributed by atoms with Crippen molar-refractivity contribution in [2.24, 2.45) is 0 Å². The van der Waals surface area contributed by atoms with E-state index in [1.54, 1.807) is 12.1 Å². The van der Waals surface area contributed by atoms with Crippen LogP contribution in [0.15, 0.2) is 24.3 Å². The third-order valence-electron chi connectivity index (χ3n) is 4.38. The molecular weight excluding hydrogens is 253 g/mol. The number of nitrogens with one attached hydrogen (secondary N) is 1. The summed E-state index contributed by atoms with van der Waals surface area (Å²) in [5.74, 6) is -0.157. The van der Waals surface area contributed by atoms with Crippen LogP contribution in [0.4, 0.5) is 4.39 Å². The predicted molar refractivity (Wildman–Crippen MR) is 81.3 cm³/mol. The highest BCUT2D eigenvalue weighted by Gasteiger charge is 2.21. The molecule has 1 fully saturated rings. The number of nitrogens with zero attached hydrogens (tertiary/aromatic N) is 2. The maximum absolute atomic E-state index is 13.3. The van der Waals surface area contributed by atoms with Crippen LogP contribution >= 0.6 is 0 Å². The number of rotatable bonds is 5. The molecule has 20 heavy (non-hydrogen) atoms. The molecule has 0 bridgehead atoms. The average molecular weight is 279 g/mol. The van der Waals surface area contributed by atoms with Gasteiger partial charge in [-0.1, -0.05) is 12.1 Å². The fraction of sp³-hybridized carbons (Fsp3) is 0.625. The summed E-state index contributed by atoms with van der Waals surface area (Å²) < 4.78 is 13.3. The van der Waals surface area contributed by atoms with E-state index in [4.69, 9.17) is 0 Å². The first-order valence-corrected chi connectivity index (χ1v) is 7.45. The summed E-state index contributed by atoms with van der Waals surface area (Å²) >= 11 is 0. The van der Waals surface area contributed by atoms with Gasteiger partial charge < -0.3 is 15.1 Å². The Morgan fingerprint density at radius 2 is 2.20 bits per heavy atom. The van der Waals surface area contributed by atoms with Gasteiger partial charge in [-0.25, -0.2) is 4.39 Å². The van der Waals surface area contributed by atoms with Crippen molar-refractivity contribution >= 4 is 0 Å². The van der Waals surface area contributed by atoms with E-state index < -0.39 is 0 Å². The van der Waals surface area contributed by atoms with Gasteiger partial charge in [-0.05, 0) is 45.1 Å². The van der Waals surface area contributed by atoms with Gasteiger partial charge in [0, 0.05) is 38.3 Å². The van der Waals surface area contributed by atoms with Crippen molar-refractivity contribution in [2.75, 3.05) is 40.3 Å². The third-order valence-corrected chi connectivity index (χ3v) is 4.38. The smallest absolute Gasteiger partial charge is 0.123 e. The van der Waals surface area contributed by atoms with Gasteiger partial charge in [0.15, 0.2) is 0 Å². The van der Waals surface area contributed by atoms with Gasteiger partial charge in [-0.15, -0.1) is 0 Å². The molecule has 1 aliphatic rings. The number of hydrogen-bond donors (Lipinski definition) is 1. The molecular formula is C16H26FN3. The van der Waals surface area contributed by atoms with Crippen molar-refractivity contribution in [3.8, 4) is 0 Å². The number of piperazine rings is 1. The Labute approximate surface area is 121 Å². The van der Waals surface area contributed by atoms with Gasteiger partial charge in [0.1, 0.15) is 5.82 Å². The Bertz CT molecular complexity index is 424. The molecule has 0 aliphatic carbocycles. The summed E-state index contributed by atoms with van der Waals surface area (Å²) in [5.41, 5.74) is 1.04. The number of halogens is 1. The van der Waals surface area contributed by atoms with E-state index in [0.717, 1.165) is 38.2 Å². The summed E-state index contributed by atoms with van der Waals surface area (Å²) in [6, 6.07) is 7.75. The van der Waals surface area contributed by atoms with Crippen molar-refractivity contribution in [3.63, 3.8) is 0 Å². The van der Waals surface area contributed by atoms with Gasteiger partial charge in [0.2, 0.25) is 0 Å². The summed E-state index contributed by atoms with van der Waals surface area (Å²) in [4.78, 5) is 4.91. The highest BCUT2D eigenvalue weighted by Crippen LogP contribution is 2.18. The molecule has 0 saturated carbocycles. The summed E-state index contributed by atoms with van der Waals surface area (Å²) in [5, 5.41) is 3.30. The van der Waals surface area contributed by atoms with Gasteiger partial charge in [0.05, 0.1) is 0 Å². The minimum atomic E-state index is -0.157. The Kier molecular flexibility index (Phi) is 5.52. The van der Waals surface area contributed by atoms with Gasteiger partial charge in [-0.2, -0.15) is 0 Å². The van der Waals surface area contributed by atoms with Crippen LogP contribution in [0.1, 0.15) is 24.9 Å². The fourth-order valence-corrected chi connectivity index (χ4v) is 2.84. The molecule has 2 rings (SSSR count). The maximum atomic E-state index is 13.3. The Hall–Kier alpha value is -0.970. The first-order chi connectivity index (χ1) is 9.60. The molecule has 1 N–H and O–H groups in total. The lowest BCUT2D eigenvalue weighted by Crippen LogP contribution is -2.50. The van der Waals surface area contributed by atoms with E-state index >= 15 is 0 Å². The van der Waals surface area contributed by atoms with E-state index in [2.05, 4.69) is 29.1 Å². The molecule has 112 valence electrons. The Balaban J connectivity index is 1.88. The lowest BCUT2D eigenvalue weighted by molar-refractivity contribution is 0.102. The summed E-state index contributed by atoms with van der Waals surface area (Å²) in [6.45, 7) is 6.70. The minimum absolute atomic E-state index is 0.157. The maximum Gasteiger partial charge on any atom is 0.123 e. The number of hydrogen-bond acceptors (Lipinski definition) is 3. The molecule has 1 heterocycles. The molecule has 1 aliphatic heterocycles. The molecule has 0 spiro atoms. The summed E-state index contributed by atoms with van der Waals surface area (Å²) in [7, 11) is 4.13. The third kappa shape index (κ3) is 4.01. The predicted octanol–water partition coefficient (Wildman–Crippen LogP) is 2.11. The molecule has 2 atom stereocenters. The van der Waals surface area contributed by atoms with E-state index in [1.165, 1.54) is 6.07 Å². The second-order valence-corrected chi connectivity index (χ2v) is 5.82. The van der Waals surface area contributed by atoms with Crippen LogP contribution in [0.25, 0.3) is 0 Å². The molecule has 3 nitrogen and oxygen atoms in total. The fourth-order valence-electron chi connectivity index (χ4n) is 2.84. The van der Waals surface area contributed by atoms with Crippen LogP contribution in [0.3, 0.4) is 0 Å². The molecule has 0 radical (unpaired) electrons. The zero-order valence-corrected chi connectivity index (χ0v) is 12.8. The van der Waals surface area contributed by atoms with E-state index in [1.807, 2.05) is 13.1 Å². The van der Waals surface area contributed by atoms with Crippen molar-refractivity contribution in [3.05, 3.63) is 35.6 Å². The van der Waals surface area contributed by atoms with Gasteiger partial charge >= 0.3 is 0 Å². The van der Waals surface area contributed by atoms with Crippen LogP contribution in [-0.2, 0) is 0 Å². The first-order valence-electron chi connectivity index (χ1n) is 7.45. The largest absolute Gasteiger partial charge is 0.313 e. The Morgan fingerprint density at radius 1 is 1.40 bits per heavy atom. The standard InChI is InChI=1S/C16H26FN3/c1-13-12-20(10-9-19(13)3)8-7-16(18-2)14-5-4-6-15(17)11-14/h4-6,11,13,16,18H,7-10,12H2,1-3H3. The van der Waals surface area contributed by atoms with Crippen LogP contribution in [0, 0.1) is 5.82 Å². The average Bonchev–Trinajstić information content (AvgIpc) is 2.43. The highest BCUT2D eigenvalue weighted by molar-refractivity contribution is 5.20. The van der Waals surface area contributed by atoms with Crippen LogP contribution < -0.4 is 5.32 Å². The molecule has 2 unspecified atom stereocenters. The first kappa shape index (κ1) is 15.4. The highest BCUT2D eigenvalue weighted by atomic mass is 19.1. The zero-order valence-electron chi connectivity index (χ0n) is 12.8. The molecule has 0 amide bonds. The minimum Gasteiger partial charge on any atom is -0.313 e. The number of likely N-dealkylation sites (N-methyl/N-ethyl adjacent to an activating group) is 1. The lowest BCUT2D eigenvalue weighted by atomic mass is 10.0. The van der Waals surface area contributed by atoms with Crippen LogP contribution in [0.2, 0.25) is 0 Å². The van der Waals surface area contributed by atoms with E-state index in [-0.39, 0.29) is 11.9 Å². The SMILES string of the molecule is CNC(CCN1CCN(C)C(C)C1)c1cccc(F)c1. The van der Waals surface area contributed by atoms with E-state index in [9.17, 15) is 4.39 Å². The molecule has 0 aromatic heterocycles. The molecule has 1 aromatic rings. The second kappa shape index (κ2) is 7.16. The van der Waals surface area contributed by atoms with E-state index in [0.29, 0.717) is 6.04 Å². The van der Waals surface area contributed by atoms with Gasteiger partial charge in [-0.3, -0.25) is 0 Å². The molecule has 1 aromatic carbocycles. The zero-order chi connectivity index (χ0) is 14.5. The van der Waals surface area contributed by atoms with Crippen molar-refractivity contribution < 1.29 is 4.39 Å². The quantitative estimate of drug-likeness (QED) is 0.890. The number of benzene rings is 1. The van der Waals surface area contributed by atoms with Crippen molar-refractivity contribution in [2.45, 2.75) is 25.4 Å². The lowest BCUT2D eigenvalue weighted by Gasteiger charge is -2.38. The monoisotopic (exact) mass is 279 g/mol. The van der Waals surface area contributed by atoms with Crippen molar-refractivity contribution in [1.82, 2.24) is 15.1 Å². The van der Waals surface area contributed by atoms with Crippen LogP contribution in [0.5, 0.6) is 0 Å². The van der Waals surface area contributed by atoms with Crippen LogP contribution in [-0.4, -0.2) is 56.1 Å². The normalized spacial score (nSPS) is 22.9. The Morgan fingerprint density at radius 3 is 2.85 bits per heavy atom. The summed E-state index contributed by atoms with van der Waals surface area (Å²) in [6.07, 6.45) is 1.01. The second-order valence-electron chi connectivity index (χ2n) is 5.82. The molecule has 1 saturated heterocycles. The van der Waals surface area contributed by atoms with Gasteiger partial charge in [0.25, 0.3) is 0 Å². The molecule has 4 heteroatoms.